The molecule has 0 aliphatic carbocycles. The average Bonchev–Trinajstić information content (AvgIpc) is 3.13. The summed E-state index contributed by atoms with van der Waals surface area (Å²) >= 11 is 0. The van der Waals surface area contributed by atoms with E-state index in [0.29, 0.717) is 6.54 Å². The molecular weight excluding hydrogens is 347 g/mol. The first-order valence-electron chi connectivity index (χ1n) is 9.58. The fraction of sp³-hybridized carbons (Fsp3) is 0.190. The van der Waals surface area contributed by atoms with Crippen LogP contribution in [0.2, 0.25) is 0 Å². The molecule has 4 heterocycles. The molecule has 0 atom stereocenters. The quantitative estimate of drug-likeness (QED) is 0.554. The highest BCUT2D eigenvalue weighted by Gasteiger charge is 2.19. The van der Waals surface area contributed by atoms with Gasteiger partial charge in [0.05, 0.1) is 0 Å². The second-order valence-corrected chi connectivity index (χ2v) is 7.22. The summed E-state index contributed by atoms with van der Waals surface area (Å²) in [6, 6.07) is 14.8. The molecular formula is C21H21BN6. The summed E-state index contributed by atoms with van der Waals surface area (Å²) in [5.74, 6) is 1.93. The molecule has 0 radical (unpaired) electrons. The number of pyridine rings is 1. The molecule has 4 aromatic rings. The smallest absolute Gasteiger partial charge is 0.153 e. The molecule has 0 amide bonds. The van der Waals surface area contributed by atoms with Crippen LogP contribution in [-0.2, 0) is 19.5 Å². The van der Waals surface area contributed by atoms with Gasteiger partial charge in [-0.2, -0.15) is 9.61 Å². The van der Waals surface area contributed by atoms with Crippen LogP contribution >= 0.6 is 0 Å². The molecule has 138 valence electrons. The van der Waals surface area contributed by atoms with E-state index >= 15 is 0 Å². The van der Waals surface area contributed by atoms with Gasteiger partial charge in [0.2, 0.25) is 0 Å². The molecule has 6 nitrogen and oxygen atoms in total. The molecule has 1 aromatic carbocycles. The van der Waals surface area contributed by atoms with Crippen molar-refractivity contribution in [2.45, 2.75) is 19.5 Å². The first-order valence-corrected chi connectivity index (χ1v) is 9.58. The highest BCUT2D eigenvalue weighted by molar-refractivity contribution is 6.36. The van der Waals surface area contributed by atoms with Gasteiger partial charge in [-0.3, -0.25) is 4.98 Å². The predicted octanol–water partition coefficient (Wildman–Crippen LogP) is 1.56. The summed E-state index contributed by atoms with van der Waals surface area (Å²) in [4.78, 5) is 11.5. The molecule has 5 rings (SSSR count). The minimum Gasteiger partial charge on any atom is -0.366 e. The fourth-order valence-corrected chi connectivity index (χ4v) is 3.73. The molecule has 0 spiro atoms. The first kappa shape index (κ1) is 16.8. The maximum absolute atomic E-state index is 4.92. The summed E-state index contributed by atoms with van der Waals surface area (Å²) in [5, 5.41) is 8.02. The third-order valence-corrected chi connectivity index (χ3v) is 5.29. The van der Waals surface area contributed by atoms with E-state index in [1.165, 1.54) is 11.1 Å². The number of benzene rings is 1. The summed E-state index contributed by atoms with van der Waals surface area (Å²) in [5.41, 5.74) is 5.92. The number of hydrogen-bond donors (Lipinski definition) is 1. The lowest BCUT2D eigenvalue weighted by molar-refractivity contribution is 0.719. The van der Waals surface area contributed by atoms with Gasteiger partial charge in [0, 0.05) is 44.3 Å². The Morgan fingerprint density at radius 2 is 1.96 bits per heavy atom. The fourth-order valence-electron chi connectivity index (χ4n) is 3.73. The Bertz CT molecular complexity index is 1120. The molecule has 1 N–H and O–H groups in total. The van der Waals surface area contributed by atoms with Crippen molar-refractivity contribution in [3.8, 4) is 0 Å². The standard InChI is InChI=1S/C21H21BN6/c22-18-13-25-28-19(24-12-15-4-3-8-23-11-15)10-20(26-21(18)28)27-9-7-16-5-1-2-6-17(16)14-27/h1-6,8,10-11,13,24H,7,9,12,14,22H2. The van der Waals surface area contributed by atoms with E-state index < -0.39 is 0 Å². The highest BCUT2D eigenvalue weighted by Crippen LogP contribution is 2.25. The van der Waals surface area contributed by atoms with Gasteiger partial charge in [-0.25, -0.2) is 4.98 Å². The van der Waals surface area contributed by atoms with Crippen LogP contribution in [0.4, 0.5) is 11.6 Å². The van der Waals surface area contributed by atoms with E-state index in [1.54, 1.807) is 6.20 Å². The van der Waals surface area contributed by atoms with Crippen LogP contribution in [-0.4, -0.2) is 34.0 Å². The van der Waals surface area contributed by atoms with Crippen LogP contribution in [0.3, 0.4) is 0 Å². The molecule has 0 saturated heterocycles. The Morgan fingerprint density at radius 3 is 2.82 bits per heavy atom. The van der Waals surface area contributed by atoms with Crippen molar-refractivity contribution in [3.63, 3.8) is 0 Å². The van der Waals surface area contributed by atoms with Crippen LogP contribution in [0.15, 0.2) is 61.1 Å². The number of hydrogen-bond acceptors (Lipinski definition) is 5. The third kappa shape index (κ3) is 3.09. The summed E-state index contributed by atoms with van der Waals surface area (Å²) in [6.45, 7) is 2.54. The Balaban J connectivity index is 1.49. The maximum Gasteiger partial charge on any atom is 0.153 e. The molecule has 0 saturated carbocycles. The van der Waals surface area contributed by atoms with Crippen molar-refractivity contribution in [1.29, 1.82) is 0 Å². The van der Waals surface area contributed by atoms with Gasteiger partial charge in [-0.05, 0) is 34.6 Å². The lowest BCUT2D eigenvalue weighted by Crippen LogP contribution is -2.31. The van der Waals surface area contributed by atoms with Crippen molar-refractivity contribution < 1.29 is 0 Å². The zero-order chi connectivity index (χ0) is 18.9. The van der Waals surface area contributed by atoms with Crippen molar-refractivity contribution >= 4 is 30.6 Å². The minimum absolute atomic E-state index is 0.689. The van der Waals surface area contributed by atoms with Gasteiger partial charge in [-0.15, -0.1) is 0 Å². The van der Waals surface area contributed by atoms with E-state index in [9.17, 15) is 0 Å². The molecule has 7 heteroatoms. The van der Waals surface area contributed by atoms with Crippen molar-refractivity contribution in [2.75, 3.05) is 16.8 Å². The summed E-state index contributed by atoms with van der Waals surface area (Å²) in [6.07, 6.45) is 6.58. The SMILES string of the molecule is Bc1cnn2c(NCc3cccnc3)cc(N3CCc4ccccc4C3)nc12. The maximum atomic E-state index is 4.92. The lowest BCUT2D eigenvalue weighted by atomic mass is 10.00. The molecule has 28 heavy (non-hydrogen) atoms. The number of nitrogens with zero attached hydrogens (tertiary/aromatic N) is 5. The predicted molar refractivity (Wildman–Crippen MR) is 114 cm³/mol. The Hall–Kier alpha value is -3.35. The molecule has 1 aliphatic rings. The van der Waals surface area contributed by atoms with Gasteiger partial charge in [0.25, 0.3) is 0 Å². The van der Waals surface area contributed by atoms with E-state index in [-0.39, 0.29) is 0 Å². The lowest BCUT2D eigenvalue weighted by Gasteiger charge is -2.30. The zero-order valence-corrected chi connectivity index (χ0v) is 15.8. The van der Waals surface area contributed by atoms with Crippen LogP contribution < -0.4 is 15.7 Å². The molecule has 0 bridgehead atoms. The van der Waals surface area contributed by atoms with E-state index in [4.69, 9.17) is 4.98 Å². The van der Waals surface area contributed by atoms with Crippen molar-refractivity contribution in [1.82, 2.24) is 19.6 Å². The number of nitrogens with one attached hydrogen (secondary N) is 1. The zero-order valence-electron chi connectivity index (χ0n) is 15.8. The molecule has 3 aromatic heterocycles. The largest absolute Gasteiger partial charge is 0.366 e. The molecule has 0 unspecified atom stereocenters. The van der Waals surface area contributed by atoms with Gasteiger partial charge >= 0.3 is 0 Å². The van der Waals surface area contributed by atoms with Crippen LogP contribution in [0.5, 0.6) is 0 Å². The monoisotopic (exact) mass is 368 g/mol. The van der Waals surface area contributed by atoms with Crippen molar-refractivity contribution in [2.24, 2.45) is 0 Å². The second kappa shape index (κ2) is 7.00. The number of aromatic nitrogens is 4. The summed E-state index contributed by atoms with van der Waals surface area (Å²) in [7, 11) is 2.05. The van der Waals surface area contributed by atoms with Gasteiger partial charge in [0.15, 0.2) is 5.65 Å². The van der Waals surface area contributed by atoms with E-state index in [2.05, 4.69) is 64.5 Å². The topological polar surface area (TPSA) is 58.4 Å². The Morgan fingerprint density at radius 1 is 1.07 bits per heavy atom. The normalized spacial score (nSPS) is 13.5. The Kier molecular flexibility index (Phi) is 4.20. The minimum atomic E-state index is 0.689. The van der Waals surface area contributed by atoms with Gasteiger partial charge < -0.3 is 10.2 Å². The van der Waals surface area contributed by atoms with E-state index in [1.807, 2.05) is 23.0 Å². The van der Waals surface area contributed by atoms with Gasteiger partial charge in [0.1, 0.15) is 19.5 Å². The van der Waals surface area contributed by atoms with Crippen LogP contribution in [0, 0.1) is 0 Å². The second-order valence-electron chi connectivity index (χ2n) is 7.22. The van der Waals surface area contributed by atoms with Crippen LogP contribution in [0.25, 0.3) is 5.65 Å². The number of anilines is 2. The molecule has 1 aliphatic heterocycles. The summed E-state index contributed by atoms with van der Waals surface area (Å²) < 4.78 is 1.88. The van der Waals surface area contributed by atoms with Crippen molar-refractivity contribution in [3.05, 3.63) is 77.7 Å². The Labute approximate surface area is 164 Å². The first-order chi connectivity index (χ1) is 13.8. The number of fused-ring (bicyclic) bond motifs is 2. The van der Waals surface area contributed by atoms with Gasteiger partial charge in [-0.1, -0.05) is 30.3 Å². The van der Waals surface area contributed by atoms with Crippen LogP contribution in [0.1, 0.15) is 16.7 Å². The van der Waals surface area contributed by atoms with E-state index in [0.717, 1.165) is 47.8 Å². The molecule has 0 fully saturated rings. The third-order valence-electron chi connectivity index (χ3n) is 5.29. The average molecular weight is 368 g/mol. The number of rotatable bonds is 4. The highest BCUT2D eigenvalue weighted by atomic mass is 15.3.